The van der Waals surface area contributed by atoms with E-state index in [1.165, 1.54) is 31.5 Å². The van der Waals surface area contributed by atoms with Crippen molar-refractivity contribution in [1.82, 2.24) is 14.9 Å². The van der Waals surface area contributed by atoms with E-state index >= 15 is 0 Å². The second-order valence-corrected chi connectivity index (χ2v) is 10.5. The highest BCUT2D eigenvalue weighted by molar-refractivity contribution is 5.93. The highest BCUT2D eigenvalue weighted by atomic mass is 19.1. The van der Waals surface area contributed by atoms with Gasteiger partial charge in [-0.1, -0.05) is 34.3 Å². The van der Waals surface area contributed by atoms with Crippen molar-refractivity contribution in [3.8, 4) is 11.5 Å². The minimum Gasteiger partial charge on any atom is -0.486 e. The van der Waals surface area contributed by atoms with Crippen molar-refractivity contribution in [3.63, 3.8) is 0 Å². The Labute approximate surface area is 252 Å². The van der Waals surface area contributed by atoms with Crippen molar-refractivity contribution in [2.24, 2.45) is 11.8 Å². The van der Waals surface area contributed by atoms with Crippen LogP contribution in [0.2, 0.25) is 0 Å². The van der Waals surface area contributed by atoms with Crippen LogP contribution in [0.25, 0.3) is 10.9 Å². The van der Waals surface area contributed by atoms with E-state index in [1.54, 1.807) is 0 Å². The summed E-state index contributed by atoms with van der Waals surface area (Å²) in [5.41, 5.74) is 0.633. The smallest absolute Gasteiger partial charge is 0.245 e. The molecule has 6 rings (SSSR count). The molecule has 3 fully saturated rings. The normalized spacial score (nSPS) is 22.2. The fraction of sp³-hybridized carbons (Fsp3) is 0.485. The monoisotopic (exact) mass is 596 g/mol. The number of hydrogen-bond acceptors (Lipinski definition) is 7. The molecule has 1 saturated carbocycles. The lowest BCUT2D eigenvalue weighted by molar-refractivity contribution is -0.125. The number of nitrogens with one attached hydrogen (secondary N) is 1. The largest absolute Gasteiger partial charge is 0.486 e. The number of halogens is 2. The number of anilines is 2. The van der Waals surface area contributed by atoms with Gasteiger partial charge >= 0.3 is 0 Å². The summed E-state index contributed by atoms with van der Waals surface area (Å²) in [6.07, 6.45) is 5.04. The standard InChI is InChI=1S/C29H30F2N4O4.2C2H6/c1-3-27(36)35-12-17-8-20(9-18(17)13-35)39-25-10-21-24(11-26(25)38-19-6-7-37-14-19)32-15-33-29(21)34-23-5-4-22(30)16(2)28(23)31;2*1-2/h3-5,10-11,15,17-20H,1,6-9,12-14H2,2H3,(H,32,33,34);2*1-2H3. The summed E-state index contributed by atoms with van der Waals surface area (Å²) in [6, 6.07) is 6.19. The molecule has 0 bridgehead atoms. The maximum absolute atomic E-state index is 14.8. The number of nitrogens with zero attached hydrogens (tertiary/aromatic N) is 3. The van der Waals surface area contributed by atoms with Gasteiger partial charge in [0.1, 0.15) is 24.1 Å². The number of amides is 1. The molecule has 0 spiro atoms. The average molecular weight is 597 g/mol. The maximum Gasteiger partial charge on any atom is 0.245 e. The number of aromatic nitrogens is 2. The van der Waals surface area contributed by atoms with E-state index in [9.17, 15) is 13.6 Å². The summed E-state index contributed by atoms with van der Waals surface area (Å²) >= 11 is 0. The molecule has 10 heteroatoms. The van der Waals surface area contributed by atoms with Gasteiger partial charge in [-0.05, 0) is 55.9 Å². The van der Waals surface area contributed by atoms with Crippen molar-refractivity contribution in [2.45, 2.75) is 66.1 Å². The molecule has 3 unspecified atom stereocenters. The number of hydrogen-bond donors (Lipinski definition) is 1. The first-order chi connectivity index (χ1) is 20.9. The third-order valence-electron chi connectivity index (χ3n) is 7.94. The molecule has 8 nitrogen and oxygen atoms in total. The Bertz CT molecular complexity index is 1420. The summed E-state index contributed by atoms with van der Waals surface area (Å²) in [7, 11) is 0. The van der Waals surface area contributed by atoms with Crippen molar-refractivity contribution < 1.29 is 27.8 Å². The van der Waals surface area contributed by atoms with E-state index in [2.05, 4.69) is 21.9 Å². The lowest BCUT2D eigenvalue weighted by Crippen LogP contribution is -2.29. The molecule has 43 heavy (non-hydrogen) atoms. The Kier molecular flexibility index (Phi) is 10.9. The van der Waals surface area contributed by atoms with Crippen LogP contribution in [0.3, 0.4) is 0 Å². The minimum absolute atomic E-state index is 0.0290. The third kappa shape index (κ3) is 7.06. The Balaban J connectivity index is 0.00000102. The van der Waals surface area contributed by atoms with E-state index in [0.717, 1.165) is 19.3 Å². The van der Waals surface area contributed by atoms with Gasteiger partial charge in [-0.3, -0.25) is 4.79 Å². The van der Waals surface area contributed by atoms with Gasteiger partial charge in [0, 0.05) is 36.5 Å². The van der Waals surface area contributed by atoms with Gasteiger partial charge in [0.25, 0.3) is 0 Å². The van der Waals surface area contributed by atoms with E-state index in [-0.39, 0.29) is 29.4 Å². The molecule has 1 N–H and O–H groups in total. The number of fused-ring (bicyclic) bond motifs is 2. The van der Waals surface area contributed by atoms with E-state index in [4.69, 9.17) is 14.2 Å². The van der Waals surface area contributed by atoms with Crippen LogP contribution in [0.1, 0.15) is 52.5 Å². The predicted molar refractivity (Wildman–Crippen MR) is 164 cm³/mol. The molecule has 3 aromatic rings. The van der Waals surface area contributed by atoms with Gasteiger partial charge in [-0.2, -0.15) is 0 Å². The fourth-order valence-electron chi connectivity index (χ4n) is 5.85. The number of rotatable bonds is 7. The Morgan fingerprint density at radius 2 is 1.72 bits per heavy atom. The molecule has 3 atom stereocenters. The second kappa shape index (κ2) is 14.6. The van der Waals surface area contributed by atoms with Crippen LogP contribution in [-0.2, 0) is 9.53 Å². The zero-order chi connectivity index (χ0) is 31.1. The number of ether oxygens (including phenoxy) is 3. The molecule has 0 radical (unpaired) electrons. The summed E-state index contributed by atoms with van der Waals surface area (Å²) in [6.45, 7) is 15.5. The molecule has 1 aliphatic carbocycles. The molecular weight excluding hydrogens is 554 g/mol. The summed E-state index contributed by atoms with van der Waals surface area (Å²) in [5.74, 6) is 0.901. The molecule has 1 aromatic heterocycles. The highest BCUT2D eigenvalue weighted by Crippen LogP contribution is 2.43. The highest BCUT2D eigenvalue weighted by Gasteiger charge is 2.43. The lowest BCUT2D eigenvalue weighted by Gasteiger charge is -2.22. The quantitative estimate of drug-likeness (QED) is 0.295. The van der Waals surface area contributed by atoms with Crippen molar-refractivity contribution in [3.05, 3.63) is 60.4 Å². The fourth-order valence-corrected chi connectivity index (χ4v) is 5.85. The van der Waals surface area contributed by atoms with E-state index in [0.29, 0.717) is 66.4 Å². The van der Waals surface area contributed by atoms with Gasteiger partial charge in [0.2, 0.25) is 5.91 Å². The van der Waals surface area contributed by atoms with Crippen LogP contribution in [-0.4, -0.2) is 59.3 Å². The Morgan fingerprint density at radius 3 is 2.37 bits per heavy atom. The summed E-state index contributed by atoms with van der Waals surface area (Å²) in [4.78, 5) is 22.7. The van der Waals surface area contributed by atoms with Crippen LogP contribution >= 0.6 is 0 Å². The van der Waals surface area contributed by atoms with E-state index in [1.807, 2.05) is 44.7 Å². The van der Waals surface area contributed by atoms with E-state index < -0.39 is 11.6 Å². The van der Waals surface area contributed by atoms with Crippen molar-refractivity contribution in [2.75, 3.05) is 31.6 Å². The number of likely N-dealkylation sites (tertiary alicyclic amines) is 1. The number of carbonyl (C=O) groups is 1. The van der Waals surface area contributed by atoms with Gasteiger partial charge < -0.3 is 24.4 Å². The SMILES string of the molecule is C=CC(=O)N1CC2CC(Oc3cc4c(Nc5ccc(F)c(C)c5F)ncnc4cc3OC3CCOC3)CC2C1.CC.CC. The Morgan fingerprint density at radius 1 is 1.05 bits per heavy atom. The van der Waals surface area contributed by atoms with Crippen LogP contribution in [0.5, 0.6) is 11.5 Å². The van der Waals surface area contributed by atoms with Gasteiger partial charge in [-0.15, -0.1) is 0 Å². The second-order valence-electron chi connectivity index (χ2n) is 10.5. The van der Waals surface area contributed by atoms with Gasteiger partial charge in [0.15, 0.2) is 17.3 Å². The first-order valence-electron chi connectivity index (χ1n) is 15.2. The Hall–Kier alpha value is -3.79. The summed E-state index contributed by atoms with van der Waals surface area (Å²) in [5, 5.41) is 3.61. The third-order valence-corrected chi connectivity index (χ3v) is 7.94. The van der Waals surface area contributed by atoms with Crippen LogP contribution in [0.4, 0.5) is 20.3 Å². The minimum atomic E-state index is -0.680. The van der Waals surface area contributed by atoms with Crippen LogP contribution in [0.15, 0.2) is 43.2 Å². The molecule has 2 saturated heterocycles. The molecular formula is C33H42F2N4O4. The van der Waals surface area contributed by atoms with Crippen LogP contribution in [0, 0.1) is 30.4 Å². The lowest BCUT2D eigenvalue weighted by atomic mass is 10.0. The maximum atomic E-state index is 14.8. The zero-order valence-corrected chi connectivity index (χ0v) is 25.7. The summed E-state index contributed by atoms with van der Waals surface area (Å²) < 4.78 is 46.9. The molecule has 2 aromatic carbocycles. The topological polar surface area (TPSA) is 85.8 Å². The molecule has 1 amide bonds. The van der Waals surface area contributed by atoms with Crippen molar-refractivity contribution in [1.29, 1.82) is 0 Å². The van der Waals surface area contributed by atoms with Crippen molar-refractivity contribution >= 4 is 28.3 Å². The molecule has 3 aliphatic rings. The average Bonchev–Trinajstić information content (AvgIpc) is 3.77. The zero-order valence-electron chi connectivity index (χ0n) is 25.7. The van der Waals surface area contributed by atoms with Gasteiger partial charge in [-0.25, -0.2) is 18.7 Å². The number of benzene rings is 2. The predicted octanol–water partition coefficient (Wildman–Crippen LogP) is 6.98. The first kappa shape index (κ1) is 32.1. The van der Waals surface area contributed by atoms with Gasteiger partial charge in [0.05, 0.1) is 30.5 Å². The molecule has 3 heterocycles. The molecule has 232 valence electrons. The molecule has 2 aliphatic heterocycles. The first-order valence-corrected chi connectivity index (χ1v) is 15.2. The van der Waals surface area contributed by atoms with Crippen LogP contribution < -0.4 is 14.8 Å². The number of carbonyl (C=O) groups excluding carboxylic acids is 1.